The Bertz CT molecular complexity index is 534. The summed E-state index contributed by atoms with van der Waals surface area (Å²) in [6.07, 6.45) is 6.25. The summed E-state index contributed by atoms with van der Waals surface area (Å²) in [6.45, 7) is 5.05. The van der Waals surface area contributed by atoms with Gasteiger partial charge in [0, 0.05) is 32.2 Å². The van der Waals surface area contributed by atoms with Crippen LogP contribution in [0.15, 0.2) is 29.3 Å². The number of unbranched alkanes of at least 4 members (excludes halogenated alkanes) is 3. The molecule has 0 bridgehead atoms. The van der Waals surface area contributed by atoms with Crippen LogP contribution in [0.4, 0.5) is 0 Å². The molecule has 0 aliphatic rings. The smallest absolute Gasteiger partial charge is 0.251 e. The summed E-state index contributed by atoms with van der Waals surface area (Å²) in [6, 6.07) is 8.00. The van der Waals surface area contributed by atoms with Gasteiger partial charge in [-0.15, -0.1) is 24.0 Å². The summed E-state index contributed by atoms with van der Waals surface area (Å²) in [5.74, 6) is 0.725. The highest BCUT2D eigenvalue weighted by atomic mass is 127. The van der Waals surface area contributed by atoms with Crippen molar-refractivity contribution in [3.63, 3.8) is 0 Å². The topological polar surface area (TPSA) is 65.5 Å². The second-order valence-corrected chi connectivity index (χ2v) is 6.10. The number of halogens is 1. The minimum atomic E-state index is -0.0694. The van der Waals surface area contributed by atoms with Gasteiger partial charge in [-0.05, 0) is 31.0 Å². The minimum absolute atomic E-state index is 0. The maximum absolute atomic E-state index is 11.7. The molecule has 0 aliphatic heterocycles. The van der Waals surface area contributed by atoms with Crippen molar-refractivity contribution >= 4 is 35.8 Å². The molecule has 25 heavy (non-hydrogen) atoms. The molecule has 1 rings (SSSR count). The fourth-order valence-corrected chi connectivity index (χ4v) is 2.53. The highest BCUT2D eigenvalue weighted by molar-refractivity contribution is 14.0. The molecule has 1 amide bonds. The number of guanidine groups is 1. The number of amides is 1. The molecule has 6 heteroatoms. The molecule has 0 radical (unpaired) electrons. The number of nitrogens with one attached hydrogen (secondary N) is 3. The SMILES string of the molecule is CCCCCCC(C)NC(=NC)NCc1cccc(C(=O)NC)c1.I. The fourth-order valence-electron chi connectivity index (χ4n) is 2.53. The number of nitrogens with zero attached hydrogens (tertiary/aromatic N) is 1. The Hall–Kier alpha value is -1.31. The van der Waals surface area contributed by atoms with E-state index in [-0.39, 0.29) is 29.9 Å². The van der Waals surface area contributed by atoms with Crippen LogP contribution in [0.5, 0.6) is 0 Å². The largest absolute Gasteiger partial charge is 0.355 e. The van der Waals surface area contributed by atoms with Crippen LogP contribution in [0.25, 0.3) is 0 Å². The van der Waals surface area contributed by atoms with Crippen LogP contribution in [-0.2, 0) is 6.54 Å². The number of benzene rings is 1. The first kappa shape index (κ1) is 23.7. The van der Waals surface area contributed by atoms with Crippen molar-refractivity contribution in [1.29, 1.82) is 0 Å². The molecule has 0 aliphatic carbocycles. The quantitative estimate of drug-likeness (QED) is 0.228. The molecule has 1 aromatic rings. The zero-order valence-electron chi connectivity index (χ0n) is 15.9. The van der Waals surface area contributed by atoms with Gasteiger partial charge in [0.25, 0.3) is 5.91 Å². The van der Waals surface area contributed by atoms with E-state index in [0.29, 0.717) is 18.2 Å². The fraction of sp³-hybridized carbons (Fsp3) is 0.579. The van der Waals surface area contributed by atoms with E-state index in [1.807, 2.05) is 24.3 Å². The second-order valence-electron chi connectivity index (χ2n) is 6.10. The Morgan fingerprint density at radius 1 is 1.24 bits per heavy atom. The average Bonchev–Trinajstić information content (AvgIpc) is 2.61. The van der Waals surface area contributed by atoms with Crippen molar-refractivity contribution in [2.24, 2.45) is 4.99 Å². The van der Waals surface area contributed by atoms with E-state index in [2.05, 4.69) is 34.8 Å². The van der Waals surface area contributed by atoms with Gasteiger partial charge in [-0.2, -0.15) is 0 Å². The molecule has 5 nitrogen and oxygen atoms in total. The predicted octanol–water partition coefficient (Wildman–Crippen LogP) is 3.69. The summed E-state index contributed by atoms with van der Waals surface area (Å²) >= 11 is 0. The molecule has 0 saturated heterocycles. The number of hydrogen-bond acceptors (Lipinski definition) is 2. The molecule has 0 heterocycles. The molecule has 1 aromatic carbocycles. The number of hydrogen-bond donors (Lipinski definition) is 3. The lowest BCUT2D eigenvalue weighted by atomic mass is 10.1. The lowest BCUT2D eigenvalue weighted by molar-refractivity contribution is 0.0963. The van der Waals surface area contributed by atoms with E-state index in [1.54, 1.807) is 14.1 Å². The van der Waals surface area contributed by atoms with Gasteiger partial charge in [0.05, 0.1) is 0 Å². The maximum Gasteiger partial charge on any atom is 0.251 e. The van der Waals surface area contributed by atoms with E-state index in [1.165, 1.54) is 25.7 Å². The van der Waals surface area contributed by atoms with Gasteiger partial charge in [-0.1, -0.05) is 44.7 Å². The molecule has 1 atom stereocenters. The molecule has 0 saturated carbocycles. The first-order chi connectivity index (χ1) is 11.6. The Kier molecular flexibility index (Phi) is 13.2. The Labute approximate surface area is 169 Å². The predicted molar refractivity (Wildman–Crippen MR) is 117 cm³/mol. The molecular weight excluding hydrogens is 427 g/mol. The van der Waals surface area contributed by atoms with Gasteiger partial charge in [0.2, 0.25) is 0 Å². The van der Waals surface area contributed by atoms with Gasteiger partial charge < -0.3 is 16.0 Å². The van der Waals surface area contributed by atoms with Crippen molar-refractivity contribution in [3.8, 4) is 0 Å². The number of aliphatic imine (C=N–C) groups is 1. The summed E-state index contributed by atoms with van der Waals surface area (Å²) in [4.78, 5) is 16.0. The van der Waals surface area contributed by atoms with E-state index >= 15 is 0 Å². The molecule has 0 aromatic heterocycles. The van der Waals surface area contributed by atoms with Crippen LogP contribution in [0, 0.1) is 0 Å². The Balaban J connectivity index is 0.00000576. The van der Waals surface area contributed by atoms with Crippen molar-refractivity contribution in [3.05, 3.63) is 35.4 Å². The Morgan fingerprint density at radius 3 is 2.64 bits per heavy atom. The summed E-state index contributed by atoms with van der Waals surface area (Å²) in [5, 5.41) is 9.38. The van der Waals surface area contributed by atoms with E-state index in [4.69, 9.17) is 0 Å². The van der Waals surface area contributed by atoms with Crippen LogP contribution >= 0.6 is 24.0 Å². The van der Waals surface area contributed by atoms with Crippen molar-refractivity contribution < 1.29 is 4.79 Å². The highest BCUT2D eigenvalue weighted by Crippen LogP contribution is 2.06. The first-order valence-electron chi connectivity index (χ1n) is 8.88. The number of carbonyl (C=O) groups is 1. The molecule has 1 unspecified atom stereocenters. The molecule has 3 N–H and O–H groups in total. The van der Waals surface area contributed by atoms with Crippen LogP contribution in [0.3, 0.4) is 0 Å². The van der Waals surface area contributed by atoms with Crippen LogP contribution in [-0.4, -0.2) is 32.0 Å². The summed E-state index contributed by atoms with van der Waals surface area (Å²) in [7, 11) is 3.42. The lowest BCUT2D eigenvalue weighted by Gasteiger charge is -2.18. The van der Waals surface area contributed by atoms with E-state index < -0.39 is 0 Å². The number of carbonyl (C=O) groups excluding carboxylic acids is 1. The van der Waals surface area contributed by atoms with Crippen LogP contribution in [0.2, 0.25) is 0 Å². The minimum Gasteiger partial charge on any atom is -0.355 e. The molecule has 142 valence electrons. The highest BCUT2D eigenvalue weighted by Gasteiger charge is 2.07. The van der Waals surface area contributed by atoms with Crippen molar-refractivity contribution in [2.45, 2.75) is 58.5 Å². The zero-order chi connectivity index (χ0) is 17.8. The third kappa shape index (κ3) is 9.67. The standard InChI is InChI=1S/C19H32N4O.HI/c1-5-6-7-8-10-15(2)23-19(21-4)22-14-16-11-9-12-17(13-16)18(24)20-3;/h9,11-13,15H,5-8,10,14H2,1-4H3,(H,20,24)(H2,21,22,23);1H. The summed E-state index contributed by atoms with van der Waals surface area (Å²) in [5.41, 5.74) is 1.72. The molecular formula is C19H33IN4O. The van der Waals surface area contributed by atoms with Crippen LogP contribution < -0.4 is 16.0 Å². The monoisotopic (exact) mass is 460 g/mol. The van der Waals surface area contributed by atoms with Gasteiger partial charge in [-0.3, -0.25) is 9.79 Å². The zero-order valence-corrected chi connectivity index (χ0v) is 18.2. The van der Waals surface area contributed by atoms with E-state index in [0.717, 1.165) is 17.9 Å². The van der Waals surface area contributed by atoms with E-state index in [9.17, 15) is 4.79 Å². The van der Waals surface area contributed by atoms with Gasteiger partial charge in [-0.25, -0.2) is 0 Å². The third-order valence-electron chi connectivity index (χ3n) is 3.97. The van der Waals surface area contributed by atoms with Gasteiger partial charge >= 0.3 is 0 Å². The Morgan fingerprint density at radius 2 is 2.00 bits per heavy atom. The second kappa shape index (κ2) is 13.9. The summed E-state index contributed by atoms with van der Waals surface area (Å²) < 4.78 is 0. The van der Waals surface area contributed by atoms with Gasteiger partial charge in [0.1, 0.15) is 0 Å². The number of rotatable bonds is 9. The van der Waals surface area contributed by atoms with Crippen molar-refractivity contribution in [2.75, 3.05) is 14.1 Å². The lowest BCUT2D eigenvalue weighted by Crippen LogP contribution is -2.41. The third-order valence-corrected chi connectivity index (χ3v) is 3.97. The normalized spacial score (nSPS) is 12.1. The first-order valence-corrected chi connectivity index (χ1v) is 8.88. The van der Waals surface area contributed by atoms with Crippen LogP contribution in [0.1, 0.15) is 61.9 Å². The molecule has 0 spiro atoms. The average molecular weight is 460 g/mol. The van der Waals surface area contributed by atoms with Gasteiger partial charge in [0.15, 0.2) is 5.96 Å². The van der Waals surface area contributed by atoms with Crippen molar-refractivity contribution in [1.82, 2.24) is 16.0 Å². The maximum atomic E-state index is 11.7. The molecule has 0 fully saturated rings.